The highest BCUT2D eigenvalue weighted by Crippen LogP contribution is 2.40. The first-order valence-corrected chi connectivity index (χ1v) is 8.14. The van der Waals surface area contributed by atoms with Gasteiger partial charge in [-0.25, -0.2) is 4.79 Å². The van der Waals surface area contributed by atoms with Gasteiger partial charge in [0.15, 0.2) is 5.75 Å². The zero-order chi connectivity index (χ0) is 15.4. The molecule has 0 unspecified atom stereocenters. The van der Waals surface area contributed by atoms with Crippen LogP contribution >= 0.6 is 46.5 Å². The van der Waals surface area contributed by atoms with Gasteiger partial charge in [-0.15, -0.1) is 11.3 Å². The van der Waals surface area contributed by atoms with Crippen LogP contribution in [-0.4, -0.2) is 18.2 Å². The molecule has 0 bridgehead atoms. The highest BCUT2D eigenvalue weighted by atomic mass is 35.5. The molecule has 21 heavy (non-hydrogen) atoms. The van der Waals surface area contributed by atoms with E-state index in [2.05, 4.69) is 15.4 Å². The van der Waals surface area contributed by atoms with E-state index in [9.17, 15) is 9.90 Å². The van der Waals surface area contributed by atoms with E-state index in [4.69, 9.17) is 23.2 Å². The van der Waals surface area contributed by atoms with Crippen LogP contribution in [-0.2, 0) is 0 Å². The predicted molar refractivity (Wildman–Crippen MR) is 90.0 cm³/mol. The number of anilines is 2. The van der Waals surface area contributed by atoms with Crippen LogP contribution < -0.4 is 15.4 Å². The quantitative estimate of drug-likeness (QED) is 0.597. The van der Waals surface area contributed by atoms with Crippen LogP contribution in [0.4, 0.5) is 16.2 Å². The van der Waals surface area contributed by atoms with Crippen molar-refractivity contribution in [2.75, 3.05) is 17.7 Å². The second-order valence-corrected chi connectivity index (χ2v) is 6.72. The molecule has 0 saturated heterocycles. The van der Waals surface area contributed by atoms with Gasteiger partial charge in [-0.3, -0.25) is 4.72 Å². The van der Waals surface area contributed by atoms with Crippen molar-refractivity contribution in [3.8, 4) is 5.75 Å². The Bertz CT molecular complexity index is 664. The van der Waals surface area contributed by atoms with Crippen LogP contribution in [0.2, 0.25) is 10.0 Å². The molecular weight excluding hydrogens is 353 g/mol. The van der Waals surface area contributed by atoms with Crippen LogP contribution in [0.1, 0.15) is 0 Å². The van der Waals surface area contributed by atoms with Crippen molar-refractivity contribution >= 4 is 63.9 Å². The molecule has 0 aliphatic rings. The molecule has 1 aromatic heterocycles. The minimum Gasteiger partial charge on any atom is -0.504 e. The summed E-state index contributed by atoms with van der Waals surface area (Å²) in [6.07, 6.45) is 0. The van der Waals surface area contributed by atoms with Crippen molar-refractivity contribution in [2.24, 2.45) is 0 Å². The van der Waals surface area contributed by atoms with Gasteiger partial charge in [0.2, 0.25) is 0 Å². The number of hydrogen-bond acceptors (Lipinski definition) is 5. The van der Waals surface area contributed by atoms with Crippen LogP contribution in [0.3, 0.4) is 0 Å². The number of amides is 2. The average molecular weight is 364 g/mol. The van der Waals surface area contributed by atoms with Crippen molar-refractivity contribution in [3.05, 3.63) is 33.6 Å². The SMILES string of the molecule is CNSc1scc(NC(=O)Nc2cccc(Cl)c2Cl)c1O. The van der Waals surface area contributed by atoms with E-state index < -0.39 is 6.03 Å². The predicted octanol–water partition coefficient (Wildman–Crippen LogP) is 4.63. The van der Waals surface area contributed by atoms with Gasteiger partial charge in [-0.05, 0) is 31.1 Å². The van der Waals surface area contributed by atoms with Crippen LogP contribution in [0.15, 0.2) is 27.8 Å². The number of nitrogens with one attached hydrogen (secondary N) is 3. The smallest absolute Gasteiger partial charge is 0.323 e. The fourth-order valence-corrected chi connectivity index (χ4v) is 3.41. The number of thiophene rings is 1. The van der Waals surface area contributed by atoms with Gasteiger partial charge in [0, 0.05) is 5.38 Å². The number of benzene rings is 1. The van der Waals surface area contributed by atoms with Gasteiger partial charge in [-0.1, -0.05) is 29.3 Å². The maximum Gasteiger partial charge on any atom is 0.323 e. The van der Waals surface area contributed by atoms with Crippen LogP contribution in [0.25, 0.3) is 0 Å². The molecule has 2 aromatic rings. The molecular formula is C12H11Cl2N3O2S2. The summed E-state index contributed by atoms with van der Waals surface area (Å²) in [6, 6.07) is 4.41. The Morgan fingerprint density at radius 2 is 2.00 bits per heavy atom. The molecule has 0 saturated carbocycles. The Labute approximate surface area is 139 Å². The van der Waals surface area contributed by atoms with Crippen LogP contribution in [0, 0.1) is 0 Å². The monoisotopic (exact) mass is 363 g/mol. The first-order chi connectivity index (χ1) is 10.0. The van der Waals surface area contributed by atoms with Gasteiger partial charge in [0.1, 0.15) is 4.21 Å². The van der Waals surface area contributed by atoms with E-state index in [1.807, 2.05) is 0 Å². The number of urea groups is 1. The van der Waals surface area contributed by atoms with E-state index in [1.54, 1.807) is 30.6 Å². The molecule has 2 rings (SSSR count). The minimum atomic E-state index is -0.520. The number of halogens is 2. The molecule has 0 atom stereocenters. The van der Waals surface area contributed by atoms with Crippen molar-refractivity contribution in [1.29, 1.82) is 0 Å². The molecule has 0 spiro atoms. The summed E-state index contributed by atoms with van der Waals surface area (Å²) >= 11 is 14.4. The lowest BCUT2D eigenvalue weighted by atomic mass is 10.3. The van der Waals surface area contributed by atoms with Gasteiger partial charge >= 0.3 is 6.03 Å². The zero-order valence-electron chi connectivity index (χ0n) is 10.7. The van der Waals surface area contributed by atoms with Crippen molar-refractivity contribution in [1.82, 2.24) is 4.72 Å². The highest BCUT2D eigenvalue weighted by molar-refractivity contribution is 7.99. The largest absolute Gasteiger partial charge is 0.504 e. The highest BCUT2D eigenvalue weighted by Gasteiger charge is 2.14. The van der Waals surface area contributed by atoms with E-state index in [0.29, 0.717) is 20.6 Å². The molecule has 5 nitrogen and oxygen atoms in total. The Morgan fingerprint density at radius 3 is 2.71 bits per heavy atom. The minimum absolute atomic E-state index is 0.0201. The van der Waals surface area contributed by atoms with Gasteiger partial charge < -0.3 is 15.7 Å². The molecule has 0 aliphatic carbocycles. The second-order valence-electron chi connectivity index (χ2n) is 3.77. The molecule has 4 N–H and O–H groups in total. The van der Waals surface area contributed by atoms with Gasteiger partial charge in [0.25, 0.3) is 0 Å². The third-order valence-corrected chi connectivity index (χ3v) is 5.08. The number of carbonyl (C=O) groups excluding carboxylic acids is 1. The lowest BCUT2D eigenvalue weighted by Crippen LogP contribution is -2.19. The third kappa shape index (κ3) is 3.96. The Morgan fingerprint density at radius 1 is 1.29 bits per heavy atom. The fraction of sp³-hybridized carbons (Fsp3) is 0.0833. The average Bonchev–Trinajstić information content (AvgIpc) is 2.77. The van der Waals surface area contributed by atoms with Crippen LogP contribution in [0.5, 0.6) is 5.75 Å². The van der Waals surface area contributed by atoms with Crippen molar-refractivity contribution in [2.45, 2.75) is 4.21 Å². The summed E-state index contributed by atoms with van der Waals surface area (Å²) in [5.41, 5.74) is 0.717. The number of hydrogen-bond donors (Lipinski definition) is 4. The normalized spacial score (nSPS) is 10.4. The number of aromatic hydroxyl groups is 1. The molecule has 0 fully saturated rings. The number of carbonyl (C=O) groups is 1. The Hall–Kier alpha value is -1.12. The summed E-state index contributed by atoms with van der Waals surface area (Å²) in [4.78, 5) is 11.9. The summed E-state index contributed by atoms with van der Waals surface area (Å²) in [5.74, 6) is 0.0201. The maximum absolute atomic E-state index is 11.9. The zero-order valence-corrected chi connectivity index (χ0v) is 13.9. The first kappa shape index (κ1) is 16.3. The first-order valence-electron chi connectivity index (χ1n) is 5.69. The second kappa shape index (κ2) is 7.24. The van der Waals surface area contributed by atoms with Gasteiger partial charge in [0.05, 0.1) is 21.4 Å². The molecule has 0 aliphatic heterocycles. The maximum atomic E-state index is 11.9. The van der Waals surface area contributed by atoms with E-state index in [1.165, 1.54) is 23.3 Å². The summed E-state index contributed by atoms with van der Waals surface area (Å²) in [7, 11) is 1.74. The fourth-order valence-electron chi connectivity index (χ4n) is 1.46. The molecule has 9 heteroatoms. The molecule has 112 valence electrons. The molecule has 1 aromatic carbocycles. The molecule has 2 amide bonds. The van der Waals surface area contributed by atoms with E-state index in [-0.39, 0.29) is 10.8 Å². The number of rotatable bonds is 4. The lowest BCUT2D eigenvalue weighted by molar-refractivity contribution is 0.262. The summed E-state index contributed by atoms with van der Waals surface area (Å²) < 4.78 is 3.51. The standard InChI is InChI=1S/C12H11Cl2N3O2S2/c1-15-21-11-10(18)8(5-20-11)17-12(19)16-7-4-2-3-6(13)9(7)14/h2-5,15,18H,1H3,(H2,16,17,19). The van der Waals surface area contributed by atoms with E-state index in [0.717, 1.165) is 0 Å². The lowest BCUT2D eigenvalue weighted by Gasteiger charge is -2.09. The van der Waals surface area contributed by atoms with Gasteiger partial charge in [-0.2, -0.15) is 0 Å². The Kier molecular flexibility index (Phi) is 5.60. The van der Waals surface area contributed by atoms with Crippen molar-refractivity contribution < 1.29 is 9.90 Å². The summed E-state index contributed by atoms with van der Waals surface area (Å²) in [6.45, 7) is 0. The summed E-state index contributed by atoms with van der Waals surface area (Å²) in [5, 5.41) is 17.3. The molecule has 0 radical (unpaired) electrons. The van der Waals surface area contributed by atoms with Crippen molar-refractivity contribution in [3.63, 3.8) is 0 Å². The topological polar surface area (TPSA) is 73.4 Å². The molecule has 1 heterocycles. The Balaban J connectivity index is 2.07. The third-order valence-electron chi connectivity index (χ3n) is 2.38. The van der Waals surface area contributed by atoms with E-state index >= 15 is 0 Å².